The van der Waals surface area contributed by atoms with E-state index in [4.69, 9.17) is 21.9 Å². The third kappa shape index (κ3) is 6.74. The van der Waals surface area contributed by atoms with Gasteiger partial charge in [-0.1, -0.05) is 35.9 Å². The van der Waals surface area contributed by atoms with Gasteiger partial charge in [0.05, 0.1) is 30.7 Å². The van der Waals surface area contributed by atoms with Crippen LogP contribution in [0.15, 0.2) is 66.0 Å². The van der Waals surface area contributed by atoms with Gasteiger partial charge in [-0.2, -0.15) is 0 Å². The highest BCUT2D eigenvalue weighted by molar-refractivity contribution is 6.30. The number of anilines is 1. The van der Waals surface area contributed by atoms with Crippen molar-refractivity contribution < 1.29 is 28.2 Å². The Balaban J connectivity index is 1.64. The zero-order valence-electron chi connectivity index (χ0n) is 22.2. The first-order valence-corrected chi connectivity index (χ1v) is 13.0. The van der Waals surface area contributed by atoms with Crippen LogP contribution in [0.25, 0.3) is 0 Å². The number of hydrogen-bond donors (Lipinski definition) is 2. The third-order valence-electron chi connectivity index (χ3n) is 6.96. The van der Waals surface area contributed by atoms with Crippen molar-refractivity contribution in [2.24, 2.45) is 5.11 Å². The smallest absolute Gasteiger partial charge is 0.257 e. The molecular weight excluding hydrogens is 558 g/mol. The Morgan fingerprint density at radius 2 is 1.98 bits per heavy atom. The van der Waals surface area contributed by atoms with Crippen LogP contribution in [-0.2, 0) is 16.0 Å². The van der Waals surface area contributed by atoms with Gasteiger partial charge in [-0.3, -0.25) is 9.78 Å². The summed E-state index contributed by atoms with van der Waals surface area (Å²) in [4.78, 5) is 33.4. The highest BCUT2D eigenvalue weighted by Gasteiger charge is 2.41. The molecule has 214 valence electrons. The largest absolute Gasteiger partial charge is 0.530 e. The zero-order valence-corrected chi connectivity index (χ0v) is 22.9. The molecule has 0 aliphatic carbocycles. The van der Waals surface area contributed by atoms with E-state index in [1.807, 2.05) is 0 Å². The van der Waals surface area contributed by atoms with Crippen molar-refractivity contribution in [1.29, 1.82) is 5.53 Å². The van der Waals surface area contributed by atoms with Crippen molar-refractivity contribution in [2.45, 2.75) is 50.4 Å². The fraction of sp³-hybridized carbons (Fsp3) is 0.321. The molecule has 2 heterocycles. The summed E-state index contributed by atoms with van der Waals surface area (Å²) in [5.41, 5.74) is 7.34. The second-order valence-electron chi connectivity index (χ2n) is 9.97. The number of ether oxygens (including phenoxy) is 1. The topological polar surface area (TPSA) is 145 Å². The first-order valence-electron chi connectivity index (χ1n) is 12.7. The predicted molar refractivity (Wildman–Crippen MR) is 143 cm³/mol. The average Bonchev–Trinajstić information content (AvgIpc) is 3.23. The van der Waals surface area contributed by atoms with Gasteiger partial charge in [-0.25, -0.2) is 8.78 Å². The van der Waals surface area contributed by atoms with Gasteiger partial charge in [0.1, 0.15) is 34.1 Å². The number of aromatic nitrogens is 1. The van der Waals surface area contributed by atoms with Crippen LogP contribution in [0.3, 0.4) is 0 Å². The lowest BCUT2D eigenvalue weighted by Gasteiger charge is -2.35. The van der Waals surface area contributed by atoms with Crippen molar-refractivity contribution in [3.05, 3.63) is 94.3 Å². The summed E-state index contributed by atoms with van der Waals surface area (Å²) in [7, 11) is 0. The number of halogens is 3. The standard InChI is InChI=1S/C28H27ClF2N6O4/c1-28(2)37(27(39)40)20(15-41-28)10-11-21-22(31)13-33-14-23(21)34-26(38)25(35-36-32)24(16-6-8-18(29)9-7-16)17-4-3-5-19(30)12-17/h3-9,12-14,20,24-25,32H,10-11,15H2,1-2H3,(H-,34,38,39,40)/t20?,24-,25-/m0/s1. The molecule has 1 aliphatic rings. The van der Waals surface area contributed by atoms with E-state index in [0.29, 0.717) is 16.1 Å². The highest BCUT2D eigenvalue weighted by Crippen LogP contribution is 2.33. The molecule has 41 heavy (non-hydrogen) atoms. The van der Waals surface area contributed by atoms with Crippen molar-refractivity contribution in [2.75, 3.05) is 11.9 Å². The average molecular weight is 585 g/mol. The second kappa shape index (κ2) is 12.5. The molecule has 1 fully saturated rings. The number of amides is 2. The Labute approximate surface area is 239 Å². The minimum absolute atomic E-state index is 0.0347. The van der Waals surface area contributed by atoms with Crippen molar-refractivity contribution >= 4 is 29.3 Å². The molecule has 0 spiro atoms. The van der Waals surface area contributed by atoms with Gasteiger partial charge in [0.2, 0.25) is 11.0 Å². The Morgan fingerprint density at radius 1 is 1.24 bits per heavy atom. The SMILES string of the molecule is CC1(C)OCC(CCc2c(F)cncc2NC(=O)[C@@H](N=[N+]=N)[C@@H](c2ccc(Cl)cc2)c2cccc(F)c2)N1C(=O)[O-]. The molecule has 4 rings (SSSR count). The fourth-order valence-corrected chi connectivity index (χ4v) is 5.19. The van der Waals surface area contributed by atoms with Crippen LogP contribution in [0.1, 0.15) is 42.9 Å². The van der Waals surface area contributed by atoms with E-state index >= 15 is 0 Å². The maximum Gasteiger partial charge on any atom is 0.257 e. The monoisotopic (exact) mass is 584 g/mol. The van der Waals surface area contributed by atoms with Crippen LogP contribution < -0.4 is 15.3 Å². The molecule has 0 bridgehead atoms. The molecule has 1 aromatic heterocycles. The zero-order chi connectivity index (χ0) is 29.7. The first kappa shape index (κ1) is 29.7. The summed E-state index contributed by atoms with van der Waals surface area (Å²) in [5, 5.41) is 18.6. The van der Waals surface area contributed by atoms with Gasteiger partial charge < -0.3 is 24.9 Å². The van der Waals surface area contributed by atoms with Gasteiger partial charge in [0.15, 0.2) is 0 Å². The summed E-state index contributed by atoms with van der Waals surface area (Å²) in [5.74, 6) is -2.87. The van der Waals surface area contributed by atoms with Crippen LogP contribution in [0.4, 0.5) is 19.3 Å². The Hall–Kier alpha value is -4.25. The number of rotatable bonds is 9. The molecular formula is C28H27ClF2N6O4. The van der Waals surface area contributed by atoms with E-state index in [1.54, 1.807) is 44.2 Å². The molecule has 1 unspecified atom stereocenters. The Kier molecular flexibility index (Phi) is 9.07. The van der Waals surface area contributed by atoms with E-state index in [1.165, 1.54) is 24.4 Å². The van der Waals surface area contributed by atoms with Crippen molar-refractivity contribution in [3.63, 3.8) is 0 Å². The van der Waals surface area contributed by atoms with Gasteiger partial charge in [0, 0.05) is 16.5 Å². The molecule has 10 nitrogen and oxygen atoms in total. The van der Waals surface area contributed by atoms with Crippen LogP contribution in [0, 0.1) is 17.2 Å². The molecule has 3 aromatic rings. The minimum Gasteiger partial charge on any atom is -0.530 e. The molecule has 2 N–H and O–H groups in total. The van der Waals surface area contributed by atoms with E-state index in [2.05, 4.69) is 20.3 Å². The van der Waals surface area contributed by atoms with E-state index < -0.39 is 47.4 Å². The lowest BCUT2D eigenvalue weighted by Crippen LogP contribution is -2.53. The maximum atomic E-state index is 15.0. The van der Waals surface area contributed by atoms with Gasteiger partial charge in [-0.15, -0.1) is 0 Å². The molecule has 1 aliphatic heterocycles. The number of hydrogen-bond acceptors (Lipinski definition) is 7. The predicted octanol–water partition coefficient (Wildman–Crippen LogP) is 4.42. The number of nitrogens with one attached hydrogen (secondary N) is 2. The van der Waals surface area contributed by atoms with Crippen molar-refractivity contribution in [1.82, 2.24) is 14.8 Å². The molecule has 2 aromatic carbocycles. The number of carbonyl (C=O) groups excluding carboxylic acids is 2. The highest BCUT2D eigenvalue weighted by atomic mass is 35.5. The quantitative estimate of drug-likeness (QED) is 0.282. The molecule has 0 saturated carbocycles. The van der Waals surface area contributed by atoms with Crippen LogP contribution in [0.2, 0.25) is 5.02 Å². The number of pyridine rings is 1. The maximum absolute atomic E-state index is 15.0. The van der Waals surface area contributed by atoms with E-state index in [-0.39, 0.29) is 30.7 Å². The number of benzene rings is 2. The van der Waals surface area contributed by atoms with E-state index in [0.717, 1.165) is 11.1 Å². The molecule has 13 heteroatoms. The lowest BCUT2D eigenvalue weighted by molar-refractivity contribution is -0.276. The Bertz CT molecular complexity index is 1480. The lowest BCUT2D eigenvalue weighted by atomic mass is 9.84. The first-order chi connectivity index (χ1) is 19.5. The second-order valence-corrected chi connectivity index (χ2v) is 10.4. The molecule has 1 saturated heterocycles. The third-order valence-corrected chi connectivity index (χ3v) is 7.22. The number of nitrogens with zero attached hydrogens (tertiary/aromatic N) is 4. The van der Waals surface area contributed by atoms with Crippen LogP contribution in [-0.4, -0.2) is 46.3 Å². The van der Waals surface area contributed by atoms with Crippen LogP contribution in [0.5, 0.6) is 0 Å². The fourth-order valence-electron chi connectivity index (χ4n) is 5.07. The normalized spacial score (nSPS) is 17.4. The van der Waals surface area contributed by atoms with Gasteiger partial charge in [-0.05, 0) is 62.1 Å². The molecule has 2 amide bonds. The molecule has 3 atom stereocenters. The summed E-state index contributed by atoms with van der Waals surface area (Å²) in [6.45, 7) is 3.29. The Morgan fingerprint density at radius 3 is 2.63 bits per heavy atom. The van der Waals surface area contributed by atoms with E-state index in [9.17, 15) is 23.5 Å². The van der Waals surface area contributed by atoms with Crippen LogP contribution >= 0.6 is 11.6 Å². The van der Waals surface area contributed by atoms with Gasteiger partial charge >= 0.3 is 0 Å². The summed E-state index contributed by atoms with van der Waals surface area (Å²) in [6.07, 6.45) is 1.05. The number of carboxylic acid groups (broad SMARTS) is 1. The minimum atomic E-state index is -1.41. The summed E-state index contributed by atoms with van der Waals surface area (Å²) >= 11 is 6.05. The number of carbonyl (C=O) groups is 2. The summed E-state index contributed by atoms with van der Waals surface area (Å²) in [6, 6.07) is 10.2. The molecule has 0 radical (unpaired) electrons. The van der Waals surface area contributed by atoms with Crippen molar-refractivity contribution in [3.8, 4) is 0 Å². The van der Waals surface area contributed by atoms with Gasteiger partial charge in [0.25, 0.3) is 5.91 Å². The summed E-state index contributed by atoms with van der Waals surface area (Å²) < 4.78 is 34.8.